The summed E-state index contributed by atoms with van der Waals surface area (Å²) in [6, 6.07) is 0. The number of hydrogen-bond donors (Lipinski definition) is 4. The van der Waals surface area contributed by atoms with Crippen LogP contribution < -0.4 is 0 Å². The first kappa shape index (κ1) is 9.82. The Morgan fingerprint density at radius 1 is 1.17 bits per heavy atom. The lowest BCUT2D eigenvalue weighted by atomic mass is 10.0. The Balaban J connectivity index is 2.63. The van der Waals surface area contributed by atoms with Crippen LogP contribution in [0.25, 0.3) is 0 Å². The lowest BCUT2D eigenvalue weighted by molar-refractivity contribution is -0.274. The van der Waals surface area contributed by atoms with Gasteiger partial charge < -0.3 is 25.2 Å². The predicted octanol–water partition coefficient (Wildman–Crippen LogP) is -2.24. The zero-order valence-corrected chi connectivity index (χ0v) is 6.17. The van der Waals surface area contributed by atoms with Crippen LogP contribution in [-0.2, 0) is 4.74 Å². The second kappa shape index (κ2) is 3.63. The third-order valence-corrected chi connectivity index (χ3v) is 1.82. The van der Waals surface area contributed by atoms with Crippen LogP contribution in [0.5, 0.6) is 0 Å². The molecule has 0 aromatic heterocycles. The highest BCUT2D eigenvalue weighted by Gasteiger charge is 2.43. The summed E-state index contributed by atoms with van der Waals surface area (Å²) >= 11 is 0. The summed E-state index contributed by atoms with van der Waals surface area (Å²) in [7, 11) is 0. The lowest BCUT2D eigenvalue weighted by Gasteiger charge is -2.36. The van der Waals surface area contributed by atoms with E-state index in [1.54, 1.807) is 0 Å². The topological polar surface area (TPSA) is 90.2 Å². The first-order valence-electron chi connectivity index (χ1n) is 3.52. The molecule has 1 aliphatic heterocycles. The third-order valence-electron chi connectivity index (χ3n) is 1.82. The van der Waals surface area contributed by atoms with Crippen LogP contribution in [0.15, 0.2) is 0 Å². The van der Waals surface area contributed by atoms with Crippen LogP contribution in [0.4, 0.5) is 4.39 Å². The van der Waals surface area contributed by atoms with Gasteiger partial charge in [-0.2, -0.15) is 0 Å². The molecule has 5 atom stereocenters. The largest absolute Gasteiger partial charge is 0.394 e. The van der Waals surface area contributed by atoms with E-state index in [2.05, 4.69) is 4.74 Å². The fraction of sp³-hybridized carbons (Fsp3) is 1.00. The first-order chi connectivity index (χ1) is 5.57. The number of aliphatic hydroxyl groups is 4. The number of halogens is 1. The average Bonchev–Trinajstić information content (AvgIpc) is 2.08. The van der Waals surface area contributed by atoms with Gasteiger partial charge in [-0.15, -0.1) is 0 Å². The molecule has 0 saturated carbocycles. The van der Waals surface area contributed by atoms with Crippen molar-refractivity contribution in [1.82, 2.24) is 0 Å². The van der Waals surface area contributed by atoms with Crippen molar-refractivity contribution in [1.29, 1.82) is 0 Å². The van der Waals surface area contributed by atoms with Crippen LogP contribution >= 0.6 is 0 Å². The normalized spacial score (nSPS) is 49.2. The molecule has 72 valence electrons. The van der Waals surface area contributed by atoms with E-state index in [1.165, 1.54) is 0 Å². The van der Waals surface area contributed by atoms with Crippen molar-refractivity contribution in [3.8, 4) is 0 Å². The van der Waals surface area contributed by atoms with Gasteiger partial charge in [0, 0.05) is 0 Å². The molecule has 0 amide bonds. The highest BCUT2D eigenvalue weighted by molar-refractivity contribution is 4.88. The van der Waals surface area contributed by atoms with Gasteiger partial charge in [0.05, 0.1) is 6.61 Å². The van der Waals surface area contributed by atoms with Crippen molar-refractivity contribution < 1.29 is 29.6 Å². The number of aliphatic hydroxyl groups excluding tert-OH is 4. The van der Waals surface area contributed by atoms with E-state index in [9.17, 15) is 4.39 Å². The van der Waals surface area contributed by atoms with Crippen molar-refractivity contribution in [3.63, 3.8) is 0 Å². The Morgan fingerprint density at radius 3 is 2.25 bits per heavy atom. The van der Waals surface area contributed by atoms with Gasteiger partial charge in [-0.1, -0.05) is 0 Å². The zero-order chi connectivity index (χ0) is 9.30. The molecule has 0 aromatic rings. The summed E-state index contributed by atoms with van der Waals surface area (Å²) in [4.78, 5) is 0. The summed E-state index contributed by atoms with van der Waals surface area (Å²) < 4.78 is 17.3. The van der Waals surface area contributed by atoms with E-state index in [4.69, 9.17) is 20.4 Å². The molecule has 1 rings (SSSR count). The smallest absolute Gasteiger partial charge is 0.184 e. The Labute approximate surface area is 68.0 Å². The van der Waals surface area contributed by atoms with E-state index in [0.717, 1.165) is 0 Å². The van der Waals surface area contributed by atoms with E-state index in [0.29, 0.717) is 0 Å². The average molecular weight is 182 g/mol. The number of rotatable bonds is 1. The molecule has 6 heteroatoms. The summed E-state index contributed by atoms with van der Waals surface area (Å²) in [6.45, 7) is -0.651. The molecule has 0 unspecified atom stereocenters. The van der Waals surface area contributed by atoms with Gasteiger partial charge in [-0.05, 0) is 0 Å². The Kier molecular flexibility index (Phi) is 2.97. The zero-order valence-electron chi connectivity index (χ0n) is 6.17. The fourth-order valence-electron chi connectivity index (χ4n) is 1.06. The van der Waals surface area contributed by atoms with Crippen molar-refractivity contribution >= 4 is 0 Å². The van der Waals surface area contributed by atoms with E-state index < -0.39 is 37.4 Å². The fourth-order valence-corrected chi connectivity index (χ4v) is 1.06. The van der Waals surface area contributed by atoms with Crippen molar-refractivity contribution in [2.75, 3.05) is 6.61 Å². The van der Waals surface area contributed by atoms with Crippen LogP contribution in [0, 0.1) is 0 Å². The monoisotopic (exact) mass is 182 g/mol. The minimum Gasteiger partial charge on any atom is -0.394 e. The third kappa shape index (κ3) is 1.57. The van der Waals surface area contributed by atoms with E-state index >= 15 is 0 Å². The van der Waals surface area contributed by atoms with Gasteiger partial charge in [0.2, 0.25) is 0 Å². The molecule has 0 spiro atoms. The van der Waals surface area contributed by atoms with E-state index in [1.807, 2.05) is 0 Å². The Hall–Kier alpha value is -0.270. The second-order valence-corrected chi connectivity index (χ2v) is 2.67. The minimum atomic E-state index is -1.88. The summed E-state index contributed by atoms with van der Waals surface area (Å²) in [6.07, 6.45) is -8.19. The maximum absolute atomic E-state index is 12.9. The molecular formula is C6H11FO5. The van der Waals surface area contributed by atoms with Gasteiger partial charge in [-0.3, -0.25) is 0 Å². The van der Waals surface area contributed by atoms with Gasteiger partial charge in [0.15, 0.2) is 12.5 Å². The van der Waals surface area contributed by atoms with Gasteiger partial charge in [0.25, 0.3) is 0 Å². The molecule has 0 bridgehead atoms. The summed E-state index contributed by atoms with van der Waals surface area (Å²) in [5.74, 6) is 0. The predicted molar refractivity (Wildman–Crippen MR) is 34.9 cm³/mol. The molecule has 1 saturated heterocycles. The molecule has 1 aliphatic rings. The van der Waals surface area contributed by atoms with Crippen molar-refractivity contribution in [3.05, 3.63) is 0 Å². The van der Waals surface area contributed by atoms with Crippen LogP contribution in [0.3, 0.4) is 0 Å². The summed E-state index contributed by atoms with van der Waals surface area (Å²) in [5.41, 5.74) is 0. The molecule has 1 heterocycles. The second-order valence-electron chi connectivity index (χ2n) is 2.67. The van der Waals surface area contributed by atoms with Crippen molar-refractivity contribution in [2.45, 2.75) is 30.8 Å². The molecular weight excluding hydrogens is 171 g/mol. The van der Waals surface area contributed by atoms with Gasteiger partial charge in [0.1, 0.15) is 18.3 Å². The number of hydrogen-bond acceptors (Lipinski definition) is 5. The highest BCUT2D eigenvalue weighted by Crippen LogP contribution is 2.21. The summed E-state index contributed by atoms with van der Waals surface area (Å²) in [5, 5.41) is 35.2. The first-order valence-corrected chi connectivity index (χ1v) is 3.52. The minimum absolute atomic E-state index is 0.651. The van der Waals surface area contributed by atoms with Crippen LogP contribution in [0.1, 0.15) is 0 Å². The number of ether oxygens (including phenoxy) is 1. The Morgan fingerprint density at radius 2 is 1.75 bits per heavy atom. The molecule has 12 heavy (non-hydrogen) atoms. The molecule has 5 nitrogen and oxygen atoms in total. The quantitative estimate of drug-likeness (QED) is 0.368. The highest BCUT2D eigenvalue weighted by atomic mass is 19.1. The molecule has 1 fully saturated rings. The SMILES string of the molecule is OC[C@H]1O[C@H](O)[C@@H](O)[C@@H](O)[C@H]1F. The molecule has 4 N–H and O–H groups in total. The molecule has 0 aliphatic carbocycles. The van der Waals surface area contributed by atoms with Crippen molar-refractivity contribution in [2.24, 2.45) is 0 Å². The Bertz CT molecular complexity index is 150. The lowest BCUT2D eigenvalue weighted by Crippen LogP contribution is -2.56. The van der Waals surface area contributed by atoms with Crippen LogP contribution in [-0.4, -0.2) is 57.8 Å². The standard InChI is InChI=1S/C6H11FO5/c7-3-2(1-8)12-6(11)5(10)4(3)9/h2-6,8-11H,1H2/t2-,3+,4+,5+,6+/m1/s1. The maximum atomic E-state index is 12.9. The molecule has 0 aromatic carbocycles. The maximum Gasteiger partial charge on any atom is 0.184 e. The van der Waals surface area contributed by atoms with Gasteiger partial charge in [-0.25, -0.2) is 4.39 Å². The van der Waals surface area contributed by atoms with Gasteiger partial charge >= 0.3 is 0 Å². The number of alkyl halides is 1. The van der Waals surface area contributed by atoms with E-state index in [-0.39, 0.29) is 0 Å². The molecule has 0 radical (unpaired) electrons. The van der Waals surface area contributed by atoms with Crippen LogP contribution in [0.2, 0.25) is 0 Å².